The fraction of sp³-hybridized carbons (Fsp3) is 0.400. The highest BCUT2D eigenvalue weighted by molar-refractivity contribution is 6.31. The van der Waals surface area contributed by atoms with E-state index in [9.17, 15) is 0 Å². The second kappa shape index (κ2) is 6.75. The Morgan fingerprint density at radius 2 is 1.59 bits per heavy atom. The van der Waals surface area contributed by atoms with Crippen LogP contribution in [0.5, 0.6) is 0 Å². The van der Waals surface area contributed by atoms with Gasteiger partial charge in [-0.25, -0.2) is 0 Å². The highest BCUT2D eigenvalue weighted by atomic mass is 35.5. The predicted molar refractivity (Wildman–Crippen MR) is 98.0 cm³/mol. The number of hydrogen-bond donors (Lipinski definition) is 0. The first-order chi connectivity index (χ1) is 10.7. The summed E-state index contributed by atoms with van der Waals surface area (Å²) in [4.78, 5) is 0. The van der Waals surface area contributed by atoms with E-state index in [1.807, 2.05) is 6.07 Å². The molecule has 0 bridgehead atoms. The summed E-state index contributed by atoms with van der Waals surface area (Å²) in [5, 5.41) is 3.45. The molecule has 0 aliphatic heterocycles. The zero-order valence-corrected chi connectivity index (χ0v) is 14.3. The van der Waals surface area contributed by atoms with Crippen LogP contribution in [-0.4, -0.2) is 4.57 Å². The molecule has 1 heterocycles. The lowest BCUT2D eigenvalue weighted by Crippen LogP contribution is -1.94. The van der Waals surface area contributed by atoms with Gasteiger partial charge in [-0.2, -0.15) is 0 Å². The molecule has 2 aromatic carbocycles. The summed E-state index contributed by atoms with van der Waals surface area (Å²) in [6.07, 6.45) is 6.44. The summed E-state index contributed by atoms with van der Waals surface area (Å²) in [7, 11) is 0. The van der Waals surface area contributed by atoms with Crippen molar-refractivity contribution in [1.82, 2.24) is 4.57 Å². The molecule has 0 saturated heterocycles. The molecular weight excluding hydrogens is 290 g/mol. The van der Waals surface area contributed by atoms with Gasteiger partial charge in [-0.15, -0.1) is 0 Å². The molecular formula is C20H24ClN. The van der Waals surface area contributed by atoms with Gasteiger partial charge in [-0.3, -0.25) is 0 Å². The van der Waals surface area contributed by atoms with E-state index < -0.39 is 0 Å². The molecule has 0 atom stereocenters. The minimum absolute atomic E-state index is 0.810. The number of aryl methyl sites for hydroxylation is 2. The minimum Gasteiger partial charge on any atom is -0.341 e. The van der Waals surface area contributed by atoms with Crippen LogP contribution in [0.3, 0.4) is 0 Å². The van der Waals surface area contributed by atoms with E-state index in [0.29, 0.717) is 0 Å². The van der Waals surface area contributed by atoms with Gasteiger partial charge in [-0.1, -0.05) is 56.0 Å². The predicted octanol–water partition coefficient (Wildman–Crippen LogP) is 6.59. The summed E-state index contributed by atoms with van der Waals surface area (Å²) in [6, 6.07) is 13.2. The number of benzene rings is 2. The van der Waals surface area contributed by atoms with Crippen LogP contribution in [0.1, 0.15) is 45.1 Å². The summed E-state index contributed by atoms with van der Waals surface area (Å²) in [6.45, 7) is 5.43. The number of fused-ring (bicyclic) bond motifs is 3. The lowest BCUT2D eigenvalue weighted by atomic mass is 10.0. The molecule has 3 rings (SSSR count). The lowest BCUT2D eigenvalue weighted by molar-refractivity contribution is 0.667. The number of aromatic nitrogens is 1. The van der Waals surface area contributed by atoms with Crippen molar-refractivity contribution in [2.24, 2.45) is 0 Å². The third kappa shape index (κ3) is 2.87. The summed E-state index contributed by atoms with van der Waals surface area (Å²) >= 11 is 6.19. The number of rotatable bonds is 6. The molecule has 0 radical (unpaired) electrons. The van der Waals surface area contributed by atoms with Crippen LogP contribution in [0.4, 0.5) is 0 Å². The van der Waals surface area contributed by atoms with Crippen LogP contribution in [0.15, 0.2) is 36.4 Å². The van der Waals surface area contributed by atoms with Gasteiger partial charge in [0.25, 0.3) is 0 Å². The first kappa shape index (κ1) is 15.4. The molecule has 0 saturated carbocycles. The van der Waals surface area contributed by atoms with Crippen LogP contribution < -0.4 is 0 Å². The van der Waals surface area contributed by atoms with Crippen molar-refractivity contribution < 1.29 is 0 Å². The molecule has 3 aromatic rings. The first-order valence-electron chi connectivity index (χ1n) is 8.45. The van der Waals surface area contributed by atoms with E-state index in [0.717, 1.165) is 11.6 Å². The number of hydrogen-bond acceptors (Lipinski definition) is 0. The van der Waals surface area contributed by atoms with E-state index in [-0.39, 0.29) is 0 Å². The second-order valence-electron chi connectivity index (χ2n) is 6.07. The molecule has 0 spiro atoms. The molecule has 0 amide bonds. The summed E-state index contributed by atoms with van der Waals surface area (Å²) in [5.41, 5.74) is 4.04. The maximum Gasteiger partial charge on any atom is 0.0506 e. The zero-order chi connectivity index (χ0) is 15.5. The highest BCUT2D eigenvalue weighted by Crippen LogP contribution is 2.31. The smallest absolute Gasteiger partial charge is 0.0506 e. The van der Waals surface area contributed by atoms with E-state index in [4.69, 9.17) is 11.6 Å². The molecule has 0 N–H and O–H groups in total. The van der Waals surface area contributed by atoms with Crippen LogP contribution in [0, 0.1) is 0 Å². The Bertz CT molecular complexity index is 785. The minimum atomic E-state index is 0.810. The lowest BCUT2D eigenvalue weighted by Gasteiger charge is -2.05. The zero-order valence-electron chi connectivity index (χ0n) is 13.5. The van der Waals surface area contributed by atoms with Crippen molar-refractivity contribution in [3.63, 3.8) is 0 Å². The van der Waals surface area contributed by atoms with E-state index in [2.05, 4.69) is 48.7 Å². The Morgan fingerprint density at radius 3 is 2.32 bits per heavy atom. The third-order valence-corrected chi connectivity index (χ3v) is 4.76. The molecule has 0 aliphatic rings. The van der Waals surface area contributed by atoms with E-state index in [1.165, 1.54) is 59.5 Å². The number of nitrogens with zero attached hydrogens (tertiary/aromatic N) is 1. The van der Waals surface area contributed by atoms with Crippen LogP contribution in [0.25, 0.3) is 21.8 Å². The van der Waals surface area contributed by atoms with Gasteiger partial charge in [0.15, 0.2) is 0 Å². The topological polar surface area (TPSA) is 4.93 Å². The van der Waals surface area contributed by atoms with Crippen LogP contribution >= 0.6 is 11.6 Å². The Morgan fingerprint density at radius 1 is 0.864 bits per heavy atom. The maximum absolute atomic E-state index is 6.19. The normalized spacial score (nSPS) is 11.6. The summed E-state index contributed by atoms with van der Waals surface area (Å²) < 4.78 is 2.38. The molecule has 116 valence electrons. The molecule has 1 aromatic heterocycles. The Kier molecular flexibility index (Phi) is 4.73. The Labute approximate surface area is 137 Å². The van der Waals surface area contributed by atoms with Crippen molar-refractivity contribution >= 4 is 33.4 Å². The summed E-state index contributed by atoms with van der Waals surface area (Å²) in [5.74, 6) is 0. The van der Waals surface area contributed by atoms with Crippen molar-refractivity contribution in [3.8, 4) is 0 Å². The van der Waals surface area contributed by atoms with Gasteiger partial charge in [0.2, 0.25) is 0 Å². The standard InChI is InChI=1S/C20H24ClN/c1-3-5-6-7-8-15-9-11-17-18-12-10-16(21)14-20(18)22(4-2)19(17)13-15/h9-14H,3-8H2,1-2H3. The number of unbranched alkanes of at least 4 members (excludes halogenated alkanes) is 3. The molecule has 22 heavy (non-hydrogen) atoms. The molecule has 0 fully saturated rings. The van der Waals surface area contributed by atoms with Gasteiger partial charge in [0, 0.05) is 27.9 Å². The van der Waals surface area contributed by atoms with Gasteiger partial charge >= 0.3 is 0 Å². The van der Waals surface area contributed by atoms with E-state index in [1.54, 1.807) is 0 Å². The van der Waals surface area contributed by atoms with Gasteiger partial charge < -0.3 is 4.57 Å². The molecule has 1 nitrogen and oxygen atoms in total. The fourth-order valence-electron chi connectivity index (χ4n) is 3.37. The van der Waals surface area contributed by atoms with Crippen LogP contribution in [-0.2, 0) is 13.0 Å². The highest BCUT2D eigenvalue weighted by Gasteiger charge is 2.10. The van der Waals surface area contributed by atoms with Gasteiger partial charge in [0.05, 0.1) is 5.52 Å². The number of halogens is 1. The average molecular weight is 314 g/mol. The average Bonchev–Trinajstić information content (AvgIpc) is 2.83. The second-order valence-corrected chi connectivity index (χ2v) is 6.50. The fourth-order valence-corrected chi connectivity index (χ4v) is 3.53. The SMILES string of the molecule is CCCCCCc1ccc2c3ccc(Cl)cc3n(CC)c2c1. The molecule has 0 unspecified atom stereocenters. The van der Waals surface area contributed by atoms with Crippen molar-refractivity contribution in [2.45, 2.75) is 52.5 Å². The molecule has 0 aliphatic carbocycles. The molecule has 2 heteroatoms. The Balaban J connectivity index is 2.01. The first-order valence-corrected chi connectivity index (χ1v) is 8.82. The van der Waals surface area contributed by atoms with Gasteiger partial charge in [-0.05, 0) is 43.5 Å². The van der Waals surface area contributed by atoms with Crippen LogP contribution in [0.2, 0.25) is 5.02 Å². The van der Waals surface area contributed by atoms with E-state index >= 15 is 0 Å². The Hall–Kier alpha value is -1.47. The van der Waals surface area contributed by atoms with Crippen molar-refractivity contribution in [3.05, 3.63) is 47.0 Å². The quantitative estimate of drug-likeness (QED) is 0.452. The monoisotopic (exact) mass is 313 g/mol. The van der Waals surface area contributed by atoms with Crippen molar-refractivity contribution in [2.75, 3.05) is 0 Å². The maximum atomic E-state index is 6.19. The largest absolute Gasteiger partial charge is 0.341 e. The van der Waals surface area contributed by atoms with Crippen molar-refractivity contribution in [1.29, 1.82) is 0 Å². The van der Waals surface area contributed by atoms with Gasteiger partial charge in [0.1, 0.15) is 0 Å². The third-order valence-electron chi connectivity index (χ3n) is 4.53.